The molecule has 33 heavy (non-hydrogen) atoms. The van der Waals surface area contributed by atoms with Crippen LogP contribution in [0.3, 0.4) is 0 Å². The third-order valence-corrected chi connectivity index (χ3v) is 10.6. The van der Waals surface area contributed by atoms with Crippen molar-refractivity contribution in [3.63, 3.8) is 0 Å². The normalized spacial score (nSPS) is 15.2. The summed E-state index contributed by atoms with van der Waals surface area (Å²) in [4.78, 5) is 25.3. The summed E-state index contributed by atoms with van der Waals surface area (Å²) in [5.74, 6) is 0.319. The van der Waals surface area contributed by atoms with Gasteiger partial charge in [0.2, 0.25) is 0 Å². The van der Waals surface area contributed by atoms with Crippen molar-refractivity contribution >= 4 is 31.8 Å². The van der Waals surface area contributed by atoms with Gasteiger partial charge in [-0.25, -0.2) is 0 Å². The van der Waals surface area contributed by atoms with Crippen molar-refractivity contribution in [1.29, 1.82) is 0 Å². The minimum atomic E-state index is -2.25. The standard InChI is InChI=1S/C23H30F2IN5O2/c1-26(17-7-9-18(33-6)10-8-17)21-19(24)11-16(12-20(21)25)13-28(3)22(27-2)31-14-29(4)23(32)30(5)15-31/h7-12H,13-15H2,1-6H3. The average molecular weight is 573 g/mol. The van der Waals surface area contributed by atoms with Crippen LogP contribution in [0, 0.1) is 18.8 Å². The molecule has 2 amide bonds. The Balaban J connectivity index is 1.78. The van der Waals surface area contributed by atoms with E-state index >= 15 is 8.78 Å². The molecule has 2 aromatic rings. The molecular weight excluding hydrogens is 543 g/mol. The van der Waals surface area contributed by atoms with Crippen LogP contribution in [0.1, 0.15) is 5.56 Å². The number of guanidine groups is 1. The van der Waals surface area contributed by atoms with Crippen LogP contribution in [0.25, 0.3) is 0 Å². The second-order valence-electron chi connectivity index (χ2n) is 7.88. The Morgan fingerprint density at radius 1 is 1.12 bits per heavy atom. The predicted octanol–water partition coefficient (Wildman–Crippen LogP) is 3.78. The van der Waals surface area contributed by atoms with Crippen LogP contribution in [-0.4, -0.2) is 85.2 Å². The number of ether oxygens (including phenoxy) is 1. The molecule has 0 aromatic heterocycles. The Labute approximate surface area is 201 Å². The predicted molar refractivity (Wildman–Crippen MR) is 134 cm³/mol. The molecule has 0 spiro atoms. The molecule has 2 aromatic carbocycles. The molecule has 1 fully saturated rings. The topological polar surface area (TPSA) is 51.6 Å². The molecule has 0 aliphatic carbocycles. The number of urea groups is 1. The fourth-order valence-corrected chi connectivity index (χ4v) is 7.75. The maximum absolute atomic E-state index is 15.1. The second-order valence-corrected chi connectivity index (χ2v) is 12.9. The van der Waals surface area contributed by atoms with Crippen molar-refractivity contribution in [3.05, 3.63) is 60.7 Å². The number of alkyl halides is 1. The molecule has 7 nitrogen and oxygen atoms in total. The Hall–Kier alpha value is -2.63. The van der Waals surface area contributed by atoms with Crippen molar-refractivity contribution in [3.8, 4) is 5.75 Å². The summed E-state index contributed by atoms with van der Waals surface area (Å²) in [7, 11) is 8.50. The number of methoxy groups -OCH3 is 1. The first kappa shape index (κ1) is 25.0. The first-order chi connectivity index (χ1) is 15.7. The molecule has 3 rings (SSSR count). The summed E-state index contributed by atoms with van der Waals surface area (Å²) >= 11 is -2.25. The maximum atomic E-state index is 15.1. The van der Waals surface area contributed by atoms with E-state index in [1.54, 1.807) is 38.1 Å². The van der Waals surface area contributed by atoms with E-state index in [0.717, 1.165) is 3.57 Å². The van der Waals surface area contributed by atoms with E-state index in [1.807, 2.05) is 46.0 Å². The van der Waals surface area contributed by atoms with Gasteiger partial charge in [0.05, 0.1) is 0 Å². The van der Waals surface area contributed by atoms with Gasteiger partial charge in [-0.1, -0.05) is 0 Å². The summed E-state index contributed by atoms with van der Waals surface area (Å²) in [6.07, 6.45) is 0. The first-order valence-corrected chi connectivity index (χ1v) is 14.6. The van der Waals surface area contributed by atoms with E-state index in [1.165, 1.54) is 12.1 Å². The monoisotopic (exact) mass is 573 g/mol. The van der Waals surface area contributed by atoms with E-state index in [9.17, 15) is 4.79 Å². The van der Waals surface area contributed by atoms with Gasteiger partial charge in [0.25, 0.3) is 0 Å². The van der Waals surface area contributed by atoms with Gasteiger partial charge < -0.3 is 0 Å². The Bertz CT molecular complexity index is 997. The van der Waals surface area contributed by atoms with E-state index in [0.29, 0.717) is 30.6 Å². The summed E-state index contributed by atoms with van der Waals surface area (Å²) in [5, 5.41) is 0. The Kier molecular flexibility index (Phi) is 7.98. The number of benzene rings is 2. The number of aliphatic imine (C=N–C) groups is 1. The zero-order valence-electron chi connectivity index (χ0n) is 19.8. The van der Waals surface area contributed by atoms with Crippen LogP contribution in [0.4, 0.5) is 13.6 Å². The van der Waals surface area contributed by atoms with Gasteiger partial charge in [-0.05, 0) is 0 Å². The van der Waals surface area contributed by atoms with Gasteiger partial charge in [0.15, 0.2) is 0 Å². The number of carbonyl (C=O) groups excluding carboxylic acids is 1. The van der Waals surface area contributed by atoms with E-state index in [4.69, 9.17) is 4.74 Å². The molecule has 1 saturated heterocycles. The molecule has 0 radical (unpaired) electrons. The fraction of sp³-hybridized carbons (Fsp3) is 0.391. The van der Waals surface area contributed by atoms with Crippen molar-refractivity contribution in [1.82, 2.24) is 19.6 Å². The fourth-order valence-electron chi connectivity index (χ4n) is 3.83. The molecule has 180 valence electrons. The number of halogens is 3. The number of amides is 2. The molecule has 1 heterocycles. The van der Waals surface area contributed by atoms with E-state index in [2.05, 4.69) is 4.99 Å². The van der Waals surface area contributed by atoms with E-state index < -0.39 is 31.5 Å². The average Bonchev–Trinajstić information content (AvgIpc) is 2.77. The van der Waals surface area contributed by atoms with Crippen molar-refractivity contribution < 1.29 is 18.3 Å². The van der Waals surface area contributed by atoms with Crippen molar-refractivity contribution in [2.24, 2.45) is 4.99 Å². The zero-order chi connectivity index (χ0) is 24.3. The molecule has 0 bridgehead atoms. The van der Waals surface area contributed by atoms with Gasteiger partial charge in [0.1, 0.15) is 0 Å². The zero-order valence-corrected chi connectivity index (χ0v) is 21.9. The number of rotatable bonds is 5. The Morgan fingerprint density at radius 3 is 2.15 bits per heavy atom. The van der Waals surface area contributed by atoms with Gasteiger partial charge in [-0.2, -0.15) is 0 Å². The summed E-state index contributed by atoms with van der Waals surface area (Å²) in [6, 6.07) is 10.2. The van der Waals surface area contributed by atoms with Gasteiger partial charge in [0, 0.05) is 0 Å². The number of carbonyl (C=O) groups is 1. The number of hydrogen-bond donors (Lipinski definition) is 0. The van der Waals surface area contributed by atoms with Crippen LogP contribution in [0.2, 0.25) is 0 Å². The van der Waals surface area contributed by atoms with Crippen LogP contribution >= 0.6 is 19.8 Å². The first-order valence-electron chi connectivity index (χ1n) is 10.3. The molecule has 0 N–H and O–H groups in total. The SMILES string of the molecule is CN=C(N(C)Cc1cc(F)c(I(C)c2ccc(OC)cc2)c(F)c1)N1CN(C)C(=O)N(C)C1. The van der Waals surface area contributed by atoms with Crippen molar-refractivity contribution in [2.45, 2.75) is 6.54 Å². The molecule has 0 unspecified atom stereocenters. The molecule has 0 atom stereocenters. The van der Waals surface area contributed by atoms with Crippen LogP contribution < -0.4 is 4.74 Å². The van der Waals surface area contributed by atoms with Gasteiger partial charge >= 0.3 is 201 Å². The summed E-state index contributed by atoms with van der Waals surface area (Å²) < 4.78 is 36.5. The molecule has 10 heteroatoms. The molecule has 1 aliphatic rings. The molecule has 1 aliphatic heterocycles. The molecular formula is C23H30F2IN5O2. The van der Waals surface area contributed by atoms with Gasteiger partial charge in [-0.3, -0.25) is 0 Å². The van der Waals surface area contributed by atoms with Crippen LogP contribution in [0.5, 0.6) is 5.75 Å². The number of nitrogens with zero attached hydrogens (tertiary/aromatic N) is 5. The third kappa shape index (κ3) is 5.48. The van der Waals surface area contributed by atoms with Crippen LogP contribution in [0.15, 0.2) is 41.4 Å². The minimum absolute atomic E-state index is 0.0697. The van der Waals surface area contributed by atoms with Crippen LogP contribution in [-0.2, 0) is 6.54 Å². The third-order valence-electron chi connectivity index (χ3n) is 5.37. The molecule has 0 saturated carbocycles. The quantitative estimate of drug-likeness (QED) is 0.180. The second kappa shape index (κ2) is 10.5. The van der Waals surface area contributed by atoms with Gasteiger partial charge in [-0.15, -0.1) is 0 Å². The summed E-state index contributed by atoms with van der Waals surface area (Å²) in [5.41, 5.74) is 0.520. The number of hydrogen-bond acceptors (Lipinski definition) is 3. The van der Waals surface area contributed by atoms with E-state index in [-0.39, 0.29) is 16.1 Å². The summed E-state index contributed by atoms with van der Waals surface area (Å²) in [6.45, 7) is 1.04. The van der Waals surface area contributed by atoms with Crippen molar-refractivity contribution in [2.75, 3.05) is 53.6 Å². The Morgan fingerprint density at radius 2 is 1.67 bits per heavy atom.